The lowest BCUT2D eigenvalue weighted by atomic mass is 9.78. The Labute approximate surface area is 450 Å². The number of fused-ring (bicyclic) bond motifs is 16. The van der Waals surface area contributed by atoms with E-state index < -0.39 is 7.12 Å². The molecule has 76 heavy (non-hydrogen) atoms. The van der Waals surface area contributed by atoms with Gasteiger partial charge in [-0.15, -0.1) is 0 Å². The van der Waals surface area contributed by atoms with Crippen LogP contribution in [0.5, 0.6) is 0 Å². The first-order chi connectivity index (χ1) is 37.1. The molecule has 0 N–H and O–H groups in total. The maximum atomic E-state index is 6.32. The molecule has 6 nitrogen and oxygen atoms in total. The molecule has 15 rings (SSSR count). The number of halogens is 1. The highest BCUT2D eigenvalue weighted by Gasteiger charge is 2.51. The van der Waals surface area contributed by atoms with E-state index in [4.69, 9.17) is 19.3 Å². The molecule has 14 aromatic rings. The number of para-hydroxylation sites is 4. The fourth-order valence-corrected chi connectivity index (χ4v) is 11.0. The molecule has 0 saturated carbocycles. The van der Waals surface area contributed by atoms with E-state index in [0.717, 1.165) is 54.2 Å². The standard InChI is InChI=1S/C31H20N2.C25H23BN2O2.C12H9Br/c1-2-8-21(9-3-1)22-14-16-23(17-15-22)24-18-19-26-25-10-4-5-11-27(25)31-32-28-12-6-7-13-29(28)33(31)30(26)20-24;1-24(2)25(3,4)30-26(29-24)16-13-14-18-17-9-5-6-10-19(17)23-27-20-11-7-8-12-21(20)28(23)22(18)15-16;13-12-8-6-11(7-9-12)10-4-2-1-3-5-10/h1-20H;5-15H,1-4H3;1-9H. The molecule has 0 bridgehead atoms. The van der Waals surface area contributed by atoms with Gasteiger partial charge in [-0.2, -0.15) is 0 Å². The second-order valence-electron chi connectivity index (χ2n) is 20.5. The third-order valence-corrected chi connectivity index (χ3v) is 15.9. The van der Waals surface area contributed by atoms with Crippen molar-refractivity contribution in [2.45, 2.75) is 38.9 Å². The Hall–Kier alpha value is -8.40. The van der Waals surface area contributed by atoms with Gasteiger partial charge in [0.05, 0.1) is 44.3 Å². The van der Waals surface area contributed by atoms with Crippen molar-refractivity contribution >= 4 is 105 Å². The average Bonchev–Trinajstić information content (AvgIpc) is 4.28. The third-order valence-electron chi connectivity index (χ3n) is 15.3. The van der Waals surface area contributed by atoms with Crippen molar-refractivity contribution in [2.24, 2.45) is 0 Å². The molecule has 10 aromatic carbocycles. The number of benzene rings is 10. The molecular weight excluding hydrogens is 995 g/mol. The van der Waals surface area contributed by atoms with Crippen LogP contribution in [-0.4, -0.2) is 37.1 Å². The molecule has 1 fully saturated rings. The second kappa shape index (κ2) is 19.1. The molecule has 4 aromatic heterocycles. The topological polar surface area (TPSA) is 53.1 Å². The fraction of sp³-hybridized carbons (Fsp3) is 0.0882. The predicted molar refractivity (Wildman–Crippen MR) is 322 cm³/mol. The average molecular weight is 1050 g/mol. The van der Waals surface area contributed by atoms with Crippen molar-refractivity contribution in [2.75, 3.05) is 0 Å². The molecule has 8 heteroatoms. The highest BCUT2D eigenvalue weighted by molar-refractivity contribution is 9.10. The van der Waals surface area contributed by atoms with Crippen LogP contribution in [0.1, 0.15) is 27.7 Å². The molecule has 0 atom stereocenters. The number of aromatic nitrogens is 4. The number of hydrogen-bond donors (Lipinski definition) is 0. The summed E-state index contributed by atoms with van der Waals surface area (Å²) in [4.78, 5) is 9.97. The number of imidazole rings is 2. The minimum absolute atomic E-state index is 0.368. The molecule has 1 aliphatic rings. The second-order valence-corrected chi connectivity index (χ2v) is 21.4. The summed E-state index contributed by atoms with van der Waals surface area (Å²) in [5.74, 6) is 0. The first kappa shape index (κ1) is 47.3. The normalized spacial score (nSPS) is 13.9. The lowest BCUT2D eigenvalue weighted by molar-refractivity contribution is 0.00578. The largest absolute Gasteiger partial charge is 0.494 e. The van der Waals surface area contributed by atoms with Gasteiger partial charge in [0.15, 0.2) is 0 Å². The SMILES string of the molecule is Brc1ccc(-c2ccccc2)cc1.CC1(C)OB(c2ccc3c4ccccc4c4nc5ccccc5n4c3c2)OC1(C)C.c1ccc(-c2ccc(-c3ccc4c5ccccc5c5nc6ccccc6n5c4c3)cc2)cc1. The molecule has 5 heterocycles. The van der Waals surface area contributed by atoms with Crippen LogP contribution in [0.4, 0.5) is 0 Å². The van der Waals surface area contributed by atoms with Crippen LogP contribution in [0.3, 0.4) is 0 Å². The van der Waals surface area contributed by atoms with E-state index in [1.807, 2.05) is 12.1 Å². The molecule has 0 spiro atoms. The fourth-order valence-electron chi connectivity index (χ4n) is 10.7. The molecule has 1 aliphatic heterocycles. The Morgan fingerprint density at radius 3 is 1.21 bits per heavy atom. The van der Waals surface area contributed by atoms with E-state index in [2.05, 4.69) is 283 Å². The maximum absolute atomic E-state index is 6.32. The summed E-state index contributed by atoms with van der Waals surface area (Å²) in [6, 6.07) is 85.1. The van der Waals surface area contributed by atoms with E-state index >= 15 is 0 Å². The van der Waals surface area contributed by atoms with Gasteiger partial charge < -0.3 is 9.31 Å². The summed E-state index contributed by atoms with van der Waals surface area (Å²) < 4.78 is 18.3. The van der Waals surface area contributed by atoms with E-state index in [9.17, 15) is 0 Å². The Morgan fingerprint density at radius 1 is 0.342 bits per heavy atom. The van der Waals surface area contributed by atoms with Crippen molar-refractivity contribution in [1.29, 1.82) is 0 Å². The molecule has 0 aliphatic carbocycles. The molecule has 0 unspecified atom stereocenters. The number of nitrogens with zero attached hydrogens (tertiary/aromatic N) is 4. The van der Waals surface area contributed by atoms with Crippen LogP contribution in [0.2, 0.25) is 0 Å². The zero-order chi connectivity index (χ0) is 51.5. The van der Waals surface area contributed by atoms with Gasteiger partial charge in [0.25, 0.3) is 0 Å². The zero-order valence-corrected chi connectivity index (χ0v) is 44.2. The minimum atomic E-state index is -0.393. The lowest BCUT2D eigenvalue weighted by Gasteiger charge is -2.32. The van der Waals surface area contributed by atoms with Crippen LogP contribution in [0.15, 0.2) is 247 Å². The van der Waals surface area contributed by atoms with Gasteiger partial charge in [-0.1, -0.05) is 210 Å². The highest BCUT2D eigenvalue weighted by atomic mass is 79.9. The summed E-state index contributed by atoms with van der Waals surface area (Å²) in [5, 5.41) is 7.22. The summed E-state index contributed by atoms with van der Waals surface area (Å²) in [6.07, 6.45) is 0. The molecule has 1 saturated heterocycles. The number of pyridine rings is 2. The van der Waals surface area contributed by atoms with Crippen LogP contribution in [0, 0.1) is 0 Å². The van der Waals surface area contributed by atoms with Crippen molar-refractivity contribution in [3.05, 3.63) is 247 Å². The van der Waals surface area contributed by atoms with Crippen LogP contribution < -0.4 is 5.46 Å². The lowest BCUT2D eigenvalue weighted by Crippen LogP contribution is -2.41. The smallest absolute Gasteiger partial charge is 0.399 e. The van der Waals surface area contributed by atoms with Crippen molar-refractivity contribution < 1.29 is 9.31 Å². The molecule has 0 radical (unpaired) electrons. The predicted octanol–water partition coefficient (Wildman–Crippen LogP) is 17.3. The minimum Gasteiger partial charge on any atom is -0.399 e. The van der Waals surface area contributed by atoms with Crippen molar-refractivity contribution in [3.8, 4) is 33.4 Å². The quantitative estimate of drug-likeness (QED) is 0.130. The van der Waals surface area contributed by atoms with Gasteiger partial charge in [-0.3, -0.25) is 8.80 Å². The maximum Gasteiger partial charge on any atom is 0.494 e. The summed E-state index contributed by atoms with van der Waals surface area (Å²) >= 11 is 3.42. The van der Waals surface area contributed by atoms with E-state index in [1.165, 1.54) is 65.8 Å². The van der Waals surface area contributed by atoms with Crippen molar-refractivity contribution in [3.63, 3.8) is 0 Å². The van der Waals surface area contributed by atoms with Crippen molar-refractivity contribution in [1.82, 2.24) is 18.8 Å². The number of rotatable bonds is 4. The van der Waals surface area contributed by atoms with Crippen LogP contribution in [0.25, 0.3) is 110 Å². The van der Waals surface area contributed by atoms with Gasteiger partial charge in [0.2, 0.25) is 0 Å². The first-order valence-electron chi connectivity index (χ1n) is 25.8. The van der Waals surface area contributed by atoms with Gasteiger partial charge in [-0.25, -0.2) is 9.97 Å². The van der Waals surface area contributed by atoms with Gasteiger partial charge >= 0.3 is 7.12 Å². The molecular formula is C68H52BBrN4O2. The Morgan fingerprint density at radius 2 is 0.711 bits per heavy atom. The highest BCUT2D eigenvalue weighted by Crippen LogP contribution is 2.39. The monoisotopic (exact) mass is 1050 g/mol. The van der Waals surface area contributed by atoms with E-state index in [0.29, 0.717) is 0 Å². The Kier molecular flexibility index (Phi) is 11.9. The molecule has 0 amide bonds. The van der Waals surface area contributed by atoms with Gasteiger partial charge in [0.1, 0.15) is 11.3 Å². The number of hydrogen-bond acceptors (Lipinski definition) is 4. The van der Waals surface area contributed by atoms with Gasteiger partial charge in [0, 0.05) is 26.0 Å². The Balaban J connectivity index is 0.000000119. The summed E-state index contributed by atoms with van der Waals surface area (Å²) in [6.45, 7) is 8.35. The van der Waals surface area contributed by atoms with Gasteiger partial charge in [-0.05, 0) is 126 Å². The van der Waals surface area contributed by atoms with E-state index in [-0.39, 0.29) is 11.2 Å². The summed E-state index contributed by atoms with van der Waals surface area (Å²) in [5.41, 5.74) is 16.2. The third kappa shape index (κ3) is 8.39. The zero-order valence-electron chi connectivity index (χ0n) is 42.7. The first-order valence-corrected chi connectivity index (χ1v) is 26.6. The van der Waals surface area contributed by atoms with Crippen LogP contribution in [-0.2, 0) is 9.31 Å². The van der Waals surface area contributed by atoms with Crippen LogP contribution >= 0.6 is 15.9 Å². The summed E-state index contributed by atoms with van der Waals surface area (Å²) in [7, 11) is -0.393. The van der Waals surface area contributed by atoms with E-state index in [1.54, 1.807) is 0 Å². The molecule has 366 valence electrons. The Bertz CT molecular complexity index is 4460.